The lowest BCUT2D eigenvalue weighted by Gasteiger charge is -2.30. The molecule has 0 spiro atoms. The van der Waals surface area contributed by atoms with Crippen molar-refractivity contribution in [3.05, 3.63) is 35.4 Å². The zero-order valence-electron chi connectivity index (χ0n) is 12.2. The van der Waals surface area contributed by atoms with Gasteiger partial charge in [0, 0.05) is 26.8 Å². The van der Waals surface area contributed by atoms with Crippen LogP contribution in [0.25, 0.3) is 0 Å². The molecule has 0 amide bonds. The number of rotatable bonds is 5. The number of methoxy groups -OCH3 is 1. The molecular formula is C15H20N2O3S. The Kier molecular flexibility index (Phi) is 5.34. The average molecular weight is 308 g/mol. The van der Waals surface area contributed by atoms with Crippen LogP contribution in [-0.4, -0.2) is 39.5 Å². The second kappa shape index (κ2) is 7.03. The first-order valence-electron chi connectivity index (χ1n) is 7.01. The summed E-state index contributed by atoms with van der Waals surface area (Å²) in [6.07, 6.45) is 1.70. The molecule has 0 aromatic heterocycles. The highest BCUT2D eigenvalue weighted by atomic mass is 32.2. The average Bonchev–Trinajstić information content (AvgIpc) is 2.48. The van der Waals surface area contributed by atoms with Gasteiger partial charge in [0.05, 0.1) is 17.4 Å². The van der Waals surface area contributed by atoms with E-state index < -0.39 is 10.0 Å². The molecule has 1 aromatic carbocycles. The Morgan fingerprint density at radius 1 is 1.29 bits per heavy atom. The van der Waals surface area contributed by atoms with Gasteiger partial charge in [-0.2, -0.15) is 5.26 Å². The van der Waals surface area contributed by atoms with Crippen LogP contribution < -0.4 is 0 Å². The summed E-state index contributed by atoms with van der Waals surface area (Å²) in [5, 5.41) is 8.75. The maximum absolute atomic E-state index is 12.4. The zero-order chi connectivity index (χ0) is 15.3. The maximum Gasteiger partial charge on any atom is 0.218 e. The third-order valence-corrected chi connectivity index (χ3v) is 5.65. The topological polar surface area (TPSA) is 70.4 Å². The van der Waals surface area contributed by atoms with Crippen molar-refractivity contribution in [3.8, 4) is 6.07 Å². The molecule has 0 radical (unpaired) electrons. The SMILES string of the molecule is COCC1CCN(S(=O)(=O)Cc2ccc(C#N)cc2)CC1. The van der Waals surface area contributed by atoms with Crippen molar-refractivity contribution >= 4 is 10.0 Å². The Bertz CT molecular complexity index is 597. The van der Waals surface area contributed by atoms with Crippen molar-refractivity contribution in [2.45, 2.75) is 18.6 Å². The van der Waals surface area contributed by atoms with E-state index in [0.717, 1.165) is 12.8 Å². The highest BCUT2D eigenvalue weighted by molar-refractivity contribution is 7.88. The van der Waals surface area contributed by atoms with Gasteiger partial charge in [-0.05, 0) is 36.5 Å². The summed E-state index contributed by atoms with van der Waals surface area (Å²) >= 11 is 0. The van der Waals surface area contributed by atoms with Gasteiger partial charge in [-0.3, -0.25) is 0 Å². The van der Waals surface area contributed by atoms with E-state index in [2.05, 4.69) is 0 Å². The van der Waals surface area contributed by atoms with E-state index in [9.17, 15) is 8.42 Å². The predicted molar refractivity (Wildman–Crippen MR) is 80.0 cm³/mol. The first-order chi connectivity index (χ1) is 10.0. The van der Waals surface area contributed by atoms with Crippen LogP contribution in [0.3, 0.4) is 0 Å². The van der Waals surface area contributed by atoms with Crippen LogP contribution in [0.2, 0.25) is 0 Å². The van der Waals surface area contributed by atoms with Crippen LogP contribution in [0.4, 0.5) is 0 Å². The molecule has 0 unspecified atom stereocenters. The quantitative estimate of drug-likeness (QED) is 0.831. The second-order valence-electron chi connectivity index (χ2n) is 5.36. The van der Waals surface area contributed by atoms with Gasteiger partial charge in [0.2, 0.25) is 10.0 Å². The maximum atomic E-state index is 12.4. The van der Waals surface area contributed by atoms with E-state index >= 15 is 0 Å². The number of ether oxygens (including phenoxy) is 1. The van der Waals surface area contributed by atoms with Crippen molar-refractivity contribution in [1.82, 2.24) is 4.31 Å². The summed E-state index contributed by atoms with van der Waals surface area (Å²) in [5.41, 5.74) is 1.25. The van der Waals surface area contributed by atoms with Crippen LogP contribution in [0.1, 0.15) is 24.0 Å². The number of piperidine rings is 1. The van der Waals surface area contributed by atoms with E-state index in [-0.39, 0.29) is 5.75 Å². The molecule has 0 saturated carbocycles. The number of benzene rings is 1. The summed E-state index contributed by atoms with van der Waals surface area (Å²) in [6.45, 7) is 1.82. The molecule has 0 aliphatic carbocycles. The number of sulfonamides is 1. The molecule has 21 heavy (non-hydrogen) atoms. The van der Waals surface area contributed by atoms with Crippen LogP contribution in [0, 0.1) is 17.2 Å². The van der Waals surface area contributed by atoms with Crippen LogP contribution in [0.5, 0.6) is 0 Å². The van der Waals surface area contributed by atoms with Crippen molar-refractivity contribution in [2.24, 2.45) is 5.92 Å². The minimum absolute atomic E-state index is 0.00630. The molecule has 114 valence electrons. The zero-order valence-corrected chi connectivity index (χ0v) is 13.0. The molecule has 0 N–H and O–H groups in total. The molecule has 1 heterocycles. The predicted octanol–water partition coefficient (Wildman–Crippen LogP) is 1.75. The van der Waals surface area contributed by atoms with E-state index in [1.165, 1.54) is 0 Å². The largest absolute Gasteiger partial charge is 0.384 e. The summed E-state index contributed by atoms with van der Waals surface area (Å²) in [5.74, 6) is 0.449. The Morgan fingerprint density at radius 3 is 2.43 bits per heavy atom. The smallest absolute Gasteiger partial charge is 0.218 e. The Morgan fingerprint density at radius 2 is 1.90 bits per heavy atom. The summed E-state index contributed by atoms with van der Waals surface area (Å²) in [6, 6.07) is 8.73. The van der Waals surface area contributed by atoms with E-state index in [1.807, 2.05) is 6.07 Å². The molecular weight excluding hydrogens is 288 g/mol. The van der Waals surface area contributed by atoms with Crippen molar-refractivity contribution in [1.29, 1.82) is 5.26 Å². The lowest BCUT2D eigenvalue weighted by atomic mass is 9.99. The molecule has 1 aromatic rings. The molecule has 1 aliphatic heterocycles. The fourth-order valence-electron chi connectivity index (χ4n) is 2.57. The third kappa shape index (κ3) is 4.27. The van der Waals surface area contributed by atoms with Gasteiger partial charge < -0.3 is 4.74 Å². The molecule has 5 nitrogen and oxygen atoms in total. The van der Waals surface area contributed by atoms with Gasteiger partial charge in [0.1, 0.15) is 0 Å². The highest BCUT2D eigenvalue weighted by Gasteiger charge is 2.27. The fourth-order valence-corrected chi connectivity index (χ4v) is 4.13. The van der Waals surface area contributed by atoms with E-state index in [4.69, 9.17) is 10.00 Å². The van der Waals surface area contributed by atoms with Gasteiger partial charge in [-0.1, -0.05) is 12.1 Å². The number of hydrogen-bond acceptors (Lipinski definition) is 4. The monoisotopic (exact) mass is 308 g/mol. The van der Waals surface area contributed by atoms with Gasteiger partial charge in [0.15, 0.2) is 0 Å². The number of nitrogens with zero attached hydrogens (tertiary/aromatic N) is 2. The second-order valence-corrected chi connectivity index (χ2v) is 7.33. The Balaban J connectivity index is 1.97. The summed E-state index contributed by atoms with van der Waals surface area (Å²) in [7, 11) is -1.61. The first kappa shape index (κ1) is 16.0. The molecule has 0 bridgehead atoms. The van der Waals surface area contributed by atoms with Gasteiger partial charge in [0.25, 0.3) is 0 Å². The molecule has 6 heteroatoms. The molecule has 2 rings (SSSR count). The summed E-state index contributed by atoms with van der Waals surface area (Å²) < 4.78 is 31.5. The normalized spacial score (nSPS) is 17.5. The highest BCUT2D eigenvalue weighted by Crippen LogP contribution is 2.21. The van der Waals surface area contributed by atoms with Crippen LogP contribution >= 0.6 is 0 Å². The van der Waals surface area contributed by atoms with Gasteiger partial charge >= 0.3 is 0 Å². The molecule has 0 atom stereocenters. The molecule has 1 aliphatic rings. The van der Waals surface area contributed by atoms with Crippen molar-refractivity contribution in [3.63, 3.8) is 0 Å². The lowest BCUT2D eigenvalue weighted by molar-refractivity contribution is 0.121. The molecule has 1 saturated heterocycles. The minimum atomic E-state index is -3.28. The van der Waals surface area contributed by atoms with Gasteiger partial charge in [-0.25, -0.2) is 12.7 Å². The van der Waals surface area contributed by atoms with Crippen molar-refractivity contribution in [2.75, 3.05) is 26.8 Å². The number of hydrogen-bond donors (Lipinski definition) is 0. The van der Waals surface area contributed by atoms with E-state index in [0.29, 0.717) is 36.7 Å². The van der Waals surface area contributed by atoms with Crippen LogP contribution in [0.15, 0.2) is 24.3 Å². The Labute approximate surface area is 126 Å². The molecule has 1 fully saturated rings. The van der Waals surface area contributed by atoms with E-state index in [1.54, 1.807) is 35.7 Å². The Hall–Kier alpha value is -1.42. The van der Waals surface area contributed by atoms with Crippen LogP contribution in [-0.2, 0) is 20.5 Å². The standard InChI is InChI=1S/C15H20N2O3S/c1-20-11-14-6-8-17(9-7-14)21(18,19)12-15-4-2-13(10-16)3-5-15/h2-5,14H,6-9,11-12H2,1H3. The minimum Gasteiger partial charge on any atom is -0.384 e. The summed E-state index contributed by atoms with van der Waals surface area (Å²) in [4.78, 5) is 0. The first-order valence-corrected chi connectivity index (χ1v) is 8.62. The fraction of sp³-hybridized carbons (Fsp3) is 0.533. The van der Waals surface area contributed by atoms with Crippen molar-refractivity contribution < 1.29 is 13.2 Å². The number of nitriles is 1. The third-order valence-electron chi connectivity index (χ3n) is 3.80. The lowest BCUT2D eigenvalue weighted by Crippen LogP contribution is -2.39. The van der Waals surface area contributed by atoms with Gasteiger partial charge in [-0.15, -0.1) is 0 Å².